The number of carboxylic acids is 1. The molecule has 0 atom stereocenters. The van der Waals surface area contributed by atoms with Gasteiger partial charge in [-0.2, -0.15) is 0 Å². The lowest BCUT2D eigenvalue weighted by Gasteiger charge is -2.27. The van der Waals surface area contributed by atoms with Gasteiger partial charge in [-0.05, 0) is 17.7 Å². The highest BCUT2D eigenvalue weighted by atomic mass is 16.4. The van der Waals surface area contributed by atoms with Gasteiger partial charge in [0, 0.05) is 7.05 Å². The maximum Gasteiger partial charge on any atom is 0.307 e. The van der Waals surface area contributed by atoms with Crippen LogP contribution >= 0.6 is 0 Å². The van der Waals surface area contributed by atoms with Crippen molar-refractivity contribution in [3.8, 4) is 0 Å². The summed E-state index contributed by atoms with van der Waals surface area (Å²) in [6, 6.07) is 5.26. The lowest BCUT2D eigenvalue weighted by molar-refractivity contribution is -0.136. The molecule has 0 bridgehead atoms. The molecule has 0 saturated heterocycles. The second-order valence-electron chi connectivity index (χ2n) is 3.73. The van der Waals surface area contributed by atoms with Crippen LogP contribution in [0.15, 0.2) is 18.2 Å². The number of nitrogens with zero attached hydrogens (tertiary/aromatic N) is 1. The van der Waals surface area contributed by atoms with Crippen LogP contribution in [0.5, 0.6) is 0 Å². The van der Waals surface area contributed by atoms with E-state index in [1.54, 1.807) is 30.1 Å². The molecule has 1 aliphatic heterocycles. The number of carboxylic acid groups (broad SMARTS) is 1. The Bertz CT molecular complexity index is 457. The van der Waals surface area contributed by atoms with Gasteiger partial charge in [0.25, 0.3) is 0 Å². The number of hydrogen-bond donors (Lipinski definition) is 2. The Morgan fingerprint density at radius 3 is 3.00 bits per heavy atom. The number of carbonyl (C=O) groups is 2. The Morgan fingerprint density at radius 2 is 2.31 bits per heavy atom. The van der Waals surface area contributed by atoms with Crippen molar-refractivity contribution in [2.45, 2.75) is 6.42 Å². The van der Waals surface area contributed by atoms with Crippen molar-refractivity contribution < 1.29 is 14.7 Å². The molecule has 0 spiro atoms. The summed E-state index contributed by atoms with van der Waals surface area (Å²) in [6.07, 6.45) is -0.00732. The average molecular weight is 220 g/mol. The van der Waals surface area contributed by atoms with Gasteiger partial charge < -0.3 is 15.3 Å². The van der Waals surface area contributed by atoms with Gasteiger partial charge in [-0.25, -0.2) is 0 Å². The molecule has 84 valence electrons. The van der Waals surface area contributed by atoms with E-state index in [2.05, 4.69) is 5.32 Å². The summed E-state index contributed by atoms with van der Waals surface area (Å²) in [7, 11) is 1.71. The molecule has 0 aromatic heterocycles. The highest BCUT2D eigenvalue weighted by molar-refractivity contribution is 6.02. The SMILES string of the molecule is CN1C(=O)CNc2cc(CC(=O)O)ccc21. The molecule has 0 aliphatic carbocycles. The van der Waals surface area contributed by atoms with Crippen LogP contribution in [0.1, 0.15) is 5.56 Å². The standard InChI is InChI=1S/C11H12N2O3/c1-13-9-3-2-7(5-11(15)16)4-8(9)12-6-10(13)14/h2-4,12H,5-6H2,1H3,(H,15,16). The number of likely N-dealkylation sites (N-methyl/N-ethyl adjacent to an activating group) is 1. The second kappa shape index (κ2) is 3.84. The minimum atomic E-state index is -0.861. The fourth-order valence-electron chi connectivity index (χ4n) is 1.73. The van der Waals surface area contributed by atoms with Crippen molar-refractivity contribution in [2.24, 2.45) is 0 Å². The van der Waals surface area contributed by atoms with Crippen molar-refractivity contribution in [3.05, 3.63) is 23.8 Å². The van der Waals surface area contributed by atoms with Gasteiger partial charge in [0.2, 0.25) is 5.91 Å². The molecule has 5 nitrogen and oxygen atoms in total. The highest BCUT2D eigenvalue weighted by Gasteiger charge is 2.20. The molecule has 16 heavy (non-hydrogen) atoms. The highest BCUT2D eigenvalue weighted by Crippen LogP contribution is 2.29. The minimum Gasteiger partial charge on any atom is -0.481 e. The third-order valence-corrected chi connectivity index (χ3v) is 2.58. The van der Waals surface area contributed by atoms with Crippen molar-refractivity contribution in [2.75, 3.05) is 23.8 Å². The maximum absolute atomic E-state index is 11.4. The number of rotatable bonds is 2. The largest absolute Gasteiger partial charge is 0.481 e. The molecule has 1 aromatic carbocycles. The Hall–Kier alpha value is -2.04. The number of anilines is 2. The summed E-state index contributed by atoms with van der Waals surface area (Å²) in [5, 5.41) is 11.7. The molecular formula is C11H12N2O3. The zero-order valence-corrected chi connectivity index (χ0v) is 8.86. The van der Waals surface area contributed by atoms with E-state index in [0.717, 1.165) is 16.9 Å². The van der Waals surface area contributed by atoms with Crippen LogP contribution in [0.2, 0.25) is 0 Å². The summed E-state index contributed by atoms with van der Waals surface area (Å²) in [5.74, 6) is -0.862. The first kappa shape index (κ1) is 10.5. The monoisotopic (exact) mass is 220 g/mol. The second-order valence-corrected chi connectivity index (χ2v) is 3.73. The normalized spacial score (nSPS) is 14.3. The first-order valence-corrected chi connectivity index (χ1v) is 4.93. The molecule has 2 rings (SSSR count). The predicted octanol–water partition coefficient (Wildman–Crippen LogP) is 0.702. The minimum absolute atomic E-state index is 0.00140. The van der Waals surface area contributed by atoms with Gasteiger partial charge in [0.1, 0.15) is 0 Å². The zero-order chi connectivity index (χ0) is 11.7. The predicted molar refractivity (Wildman–Crippen MR) is 59.7 cm³/mol. The molecule has 1 aromatic rings. The summed E-state index contributed by atoms with van der Waals surface area (Å²) in [5.41, 5.74) is 2.31. The van der Waals surface area contributed by atoms with E-state index in [9.17, 15) is 9.59 Å². The molecule has 1 amide bonds. The van der Waals surface area contributed by atoms with Crippen molar-refractivity contribution >= 4 is 23.3 Å². The molecule has 0 unspecified atom stereocenters. The number of hydrogen-bond acceptors (Lipinski definition) is 3. The van der Waals surface area contributed by atoms with Gasteiger partial charge in [0.05, 0.1) is 24.3 Å². The van der Waals surface area contributed by atoms with Gasteiger partial charge >= 0.3 is 5.97 Å². The van der Waals surface area contributed by atoms with Gasteiger partial charge in [0.15, 0.2) is 0 Å². The van der Waals surface area contributed by atoms with Crippen LogP contribution in [0.4, 0.5) is 11.4 Å². The number of amides is 1. The number of nitrogens with one attached hydrogen (secondary N) is 1. The van der Waals surface area contributed by atoms with Gasteiger partial charge in [-0.15, -0.1) is 0 Å². The van der Waals surface area contributed by atoms with Crippen molar-refractivity contribution in [1.29, 1.82) is 0 Å². The van der Waals surface area contributed by atoms with Crippen LogP contribution in [0.25, 0.3) is 0 Å². The van der Waals surface area contributed by atoms with Gasteiger partial charge in [-0.1, -0.05) is 6.07 Å². The summed E-state index contributed by atoms with van der Waals surface area (Å²) < 4.78 is 0. The summed E-state index contributed by atoms with van der Waals surface area (Å²) >= 11 is 0. The van der Waals surface area contributed by atoms with Crippen LogP contribution in [0, 0.1) is 0 Å². The molecule has 0 fully saturated rings. The molecule has 2 N–H and O–H groups in total. The van der Waals surface area contributed by atoms with E-state index in [1.807, 2.05) is 0 Å². The van der Waals surface area contributed by atoms with E-state index in [0.29, 0.717) is 0 Å². The fraction of sp³-hybridized carbons (Fsp3) is 0.273. The Morgan fingerprint density at radius 1 is 1.56 bits per heavy atom. The zero-order valence-electron chi connectivity index (χ0n) is 8.86. The third-order valence-electron chi connectivity index (χ3n) is 2.58. The number of carbonyl (C=O) groups excluding carboxylic acids is 1. The molecule has 0 radical (unpaired) electrons. The lowest BCUT2D eigenvalue weighted by Crippen LogP contribution is -2.36. The van der Waals surface area contributed by atoms with E-state index < -0.39 is 5.97 Å². The quantitative estimate of drug-likeness (QED) is 0.769. The molecular weight excluding hydrogens is 208 g/mol. The summed E-state index contributed by atoms with van der Waals surface area (Å²) in [4.78, 5) is 23.5. The van der Waals surface area contributed by atoms with E-state index in [-0.39, 0.29) is 18.9 Å². The van der Waals surface area contributed by atoms with Crippen molar-refractivity contribution in [3.63, 3.8) is 0 Å². The Balaban J connectivity index is 2.33. The van der Waals surface area contributed by atoms with Crippen LogP contribution in [-0.4, -0.2) is 30.6 Å². The van der Waals surface area contributed by atoms with Crippen LogP contribution in [0.3, 0.4) is 0 Å². The number of fused-ring (bicyclic) bond motifs is 1. The Kier molecular flexibility index (Phi) is 2.52. The lowest BCUT2D eigenvalue weighted by atomic mass is 10.1. The topological polar surface area (TPSA) is 69.6 Å². The Labute approximate surface area is 92.7 Å². The summed E-state index contributed by atoms with van der Waals surface area (Å²) in [6.45, 7) is 0.250. The molecule has 5 heteroatoms. The van der Waals surface area contributed by atoms with Gasteiger partial charge in [-0.3, -0.25) is 9.59 Å². The average Bonchev–Trinajstić information content (AvgIpc) is 2.23. The maximum atomic E-state index is 11.4. The molecule has 1 aliphatic rings. The van der Waals surface area contributed by atoms with E-state index >= 15 is 0 Å². The number of benzene rings is 1. The first-order valence-electron chi connectivity index (χ1n) is 4.93. The van der Waals surface area contributed by atoms with Crippen LogP contribution < -0.4 is 10.2 Å². The fourth-order valence-corrected chi connectivity index (χ4v) is 1.73. The van der Waals surface area contributed by atoms with Crippen molar-refractivity contribution in [1.82, 2.24) is 0 Å². The van der Waals surface area contributed by atoms with E-state index in [4.69, 9.17) is 5.11 Å². The van der Waals surface area contributed by atoms with Crippen LogP contribution in [-0.2, 0) is 16.0 Å². The number of aliphatic carboxylic acids is 1. The molecule has 1 heterocycles. The first-order chi connectivity index (χ1) is 7.58. The molecule has 0 saturated carbocycles. The van der Waals surface area contributed by atoms with E-state index in [1.165, 1.54) is 0 Å². The third kappa shape index (κ3) is 1.84. The smallest absolute Gasteiger partial charge is 0.307 e.